The first-order valence-electron chi connectivity index (χ1n) is 7.20. The van der Waals surface area contributed by atoms with E-state index in [9.17, 15) is 5.11 Å². The summed E-state index contributed by atoms with van der Waals surface area (Å²) in [6, 6.07) is 13.7. The Hall–Kier alpha value is -2.14. The Kier molecular flexibility index (Phi) is 4.24. The average molecular weight is 314 g/mol. The molecule has 1 atom stereocenters. The normalized spacial score (nSPS) is 17.0. The first-order chi connectivity index (χ1) is 10.7. The van der Waals surface area contributed by atoms with Crippen LogP contribution in [0.2, 0.25) is 0 Å². The number of phenolic OH excluding ortho intramolecular Hbond substituents is 1. The predicted octanol–water partition coefficient (Wildman–Crippen LogP) is 3.80. The van der Waals surface area contributed by atoms with Gasteiger partial charge in [-0.05, 0) is 31.5 Å². The monoisotopic (exact) mass is 314 g/mol. The number of benzene rings is 2. The lowest BCUT2D eigenvalue weighted by atomic mass is 10.2. The highest BCUT2D eigenvalue weighted by atomic mass is 32.2. The van der Waals surface area contributed by atoms with E-state index < -0.39 is 0 Å². The van der Waals surface area contributed by atoms with Crippen molar-refractivity contribution in [2.45, 2.75) is 19.2 Å². The Bertz CT molecular complexity index is 698. The third-order valence-electron chi connectivity index (χ3n) is 3.40. The molecule has 1 aliphatic heterocycles. The van der Waals surface area contributed by atoms with E-state index in [1.165, 1.54) is 5.56 Å². The van der Waals surface area contributed by atoms with Crippen LogP contribution in [0.15, 0.2) is 47.6 Å². The molecule has 0 bridgehead atoms. The van der Waals surface area contributed by atoms with Gasteiger partial charge in [0, 0.05) is 5.56 Å². The summed E-state index contributed by atoms with van der Waals surface area (Å²) in [6.07, 6.45) is 0. The number of nitrogens with one attached hydrogen (secondary N) is 1. The van der Waals surface area contributed by atoms with Crippen LogP contribution in [-0.4, -0.2) is 16.8 Å². The number of nitrogens with zero attached hydrogens (tertiary/aromatic N) is 1. The van der Waals surface area contributed by atoms with E-state index >= 15 is 0 Å². The van der Waals surface area contributed by atoms with Crippen molar-refractivity contribution in [1.82, 2.24) is 5.43 Å². The van der Waals surface area contributed by atoms with Crippen LogP contribution in [-0.2, 0) is 0 Å². The Balaban J connectivity index is 1.76. The summed E-state index contributed by atoms with van der Waals surface area (Å²) in [5.74, 6) is 0.666. The number of ether oxygens (including phenoxy) is 1. The van der Waals surface area contributed by atoms with Crippen LogP contribution < -0.4 is 10.2 Å². The van der Waals surface area contributed by atoms with Crippen LogP contribution in [0.3, 0.4) is 0 Å². The lowest BCUT2D eigenvalue weighted by Gasteiger charge is -2.12. The number of thioether (sulfide) groups is 1. The fraction of sp³-hybridized carbons (Fsp3) is 0.235. The summed E-state index contributed by atoms with van der Waals surface area (Å²) in [6.45, 7) is 4.49. The summed E-state index contributed by atoms with van der Waals surface area (Å²) in [4.78, 5) is 0. The van der Waals surface area contributed by atoms with Crippen LogP contribution in [0.1, 0.15) is 29.0 Å². The Morgan fingerprint density at radius 1 is 1.23 bits per heavy atom. The second-order valence-electron chi connectivity index (χ2n) is 5.07. The van der Waals surface area contributed by atoms with Crippen LogP contribution in [0.25, 0.3) is 0 Å². The molecule has 1 heterocycles. The number of hydrogen-bond donors (Lipinski definition) is 2. The lowest BCUT2D eigenvalue weighted by Crippen LogP contribution is -2.06. The smallest absolute Gasteiger partial charge is 0.161 e. The van der Waals surface area contributed by atoms with Gasteiger partial charge in [0.25, 0.3) is 0 Å². The molecule has 0 unspecified atom stereocenters. The van der Waals surface area contributed by atoms with Gasteiger partial charge in [-0.15, -0.1) is 0 Å². The zero-order valence-corrected chi connectivity index (χ0v) is 13.4. The van der Waals surface area contributed by atoms with E-state index in [0.717, 1.165) is 16.2 Å². The van der Waals surface area contributed by atoms with Crippen molar-refractivity contribution in [3.63, 3.8) is 0 Å². The number of hydrazone groups is 1. The first-order valence-corrected chi connectivity index (χ1v) is 8.08. The van der Waals surface area contributed by atoms with Gasteiger partial charge in [-0.25, -0.2) is 0 Å². The van der Waals surface area contributed by atoms with Crippen molar-refractivity contribution < 1.29 is 9.84 Å². The Morgan fingerprint density at radius 2 is 2.00 bits per heavy atom. The summed E-state index contributed by atoms with van der Waals surface area (Å²) < 4.78 is 5.44. The highest BCUT2D eigenvalue weighted by molar-refractivity contribution is 8.14. The third-order valence-corrected chi connectivity index (χ3v) is 4.56. The van der Waals surface area contributed by atoms with E-state index in [-0.39, 0.29) is 11.1 Å². The van der Waals surface area contributed by atoms with E-state index in [1.807, 2.05) is 19.1 Å². The second kappa shape index (κ2) is 6.32. The van der Waals surface area contributed by atoms with Crippen LogP contribution in [0, 0.1) is 6.92 Å². The molecule has 0 saturated carbocycles. The molecule has 0 aromatic heterocycles. The average Bonchev–Trinajstić information content (AvgIpc) is 3.00. The van der Waals surface area contributed by atoms with Crippen molar-refractivity contribution in [2.24, 2.45) is 5.10 Å². The van der Waals surface area contributed by atoms with E-state index in [2.05, 4.69) is 41.7 Å². The Morgan fingerprint density at radius 3 is 2.73 bits per heavy atom. The molecule has 0 radical (unpaired) electrons. The van der Waals surface area contributed by atoms with Crippen molar-refractivity contribution in [2.75, 3.05) is 6.61 Å². The van der Waals surface area contributed by atoms with Gasteiger partial charge >= 0.3 is 0 Å². The number of aromatic hydroxyl groups is 1. The first kappa shape index (κ1) is 14.8. The maximum Gasteiger partial charge on any atom is 0.161 e. The maximum absolute atomic E-state index is 9.78. The quantitative estimate of drug-likeness (QED) is 0.901. The van der Waals surface area contributed by atoms with Gasteiger partial charge in [-0.1, -0.05) is 47.7 Å². The molecule has 4 nitrogen and oxygen atoms in total. The lowest BCUT2D eigenvalue weighted by molar-refractivity contribution is 0.317. The highest BCUT2D eigenvalue weighted by Crippen LogP contribution is 2.37. The molecule has 5 heteroatoms. The van der Waals surface area contributed by atoms with Gasteiger partial charge in [-0.2, -0.15) is 5.10 Å². The minimum atomic E-state index is 0.0242. The third kappa shape index (κ3) is 3.04. The minimum Gasteiger partial charge on any atom is -0.504 e. The van der Waals surface area contributed by atoms with Crippen LogP contribution in [0.4, 0.5) is 0 Å². The van der Waals surface area contributed by atoms with Crippen molar-refractivity contribution >= 4 is 16.8 Å². The molecule has 0 saturated heterocycles. The van der Waals surface area contributed by atoms with E-state index in [0.29, 0.717) is 12.4 Å². The van der Waals surface area contributed by atoms with Crippen LogP contribution >= 0.6 is 11.8 Å². The molecule has 2 N–H and O–H groups in total. The maximum atomic E-state index is 9.78. The molecule has 2 aromatic rings. The fourth-order valence-electron chi connectivity index (χ4n) is 2.22. The van der Waals surface area contributed by atoms with Gasteiger partial charge in [0.2, 0.25) is 0 Å². The molecule has 1 aliphatic rings. The number of phenols is 1. The zero-order valence-electron chi connectivity index (χ0n) is 12.5. The minimum absolute atomic E-state index is 0.0242. The van der Waals surface area contributed by atoms with Crippen molar-refractivity contribution in [3.8, 4) is 11.5 Å². The summed E-state index contributed by atoms with van der Waals surface area (Å²) >= 11 is 1.66. The molecule has 114 valence electrons. The molecular weight excluding hydrogens is 296 g/mol. The number of rotatable bonds is 4. The zero-order chi connectivity index (χ0) is 15.5. The molecule has 0 spiro atoms. The van der Waals surface area contributed by atoms with Gasteiger partial charge in [-0.3, -0.25) is 5.43 Å². The van der Waals surface area contributed by atoms with Gasteiger partial charge < -0.3 is 9.84 Å². The number of hydrogen-bond acceptors (Lipinski definition) is 5. The topological polar surface area (TPSA) is 53.8 Å². The van der Waals surface area contributed by atoms with Gasteiger partial charge in [0.15, 0.2) is 11.5 Å². The summed E-state index contributed by atoms with van der Waals surface area (Å²) in [5.41, 5.74) is 6.50. The molecule has 0 aliphatic carbocycles. The largest absolute Gasteiger partial charge is 0.504 e. The molecule has 0 fully saturated rings. The van der Waals surface area contributed by atoms with Gasteiger partial charge in [0.05, 0.1) is 6.61 Å². The summed E-state index contributed by atoms with van der Waals surface area (Å²) in [7, 11) is 0. The molecular formula is C17H18N2O2S. The standard InChI is InChI=1S/C17H18N2O2S/c1-3-21-15-10-13(8-9-14(15)20)17-19-18-16(22-17)12-6-4-11(2)5-7-12/h4-10,17,19-20H,3H2,1-2H3/t17-/m1/s1. The highest BCUT2D eigenvalue weighted by Gasteiger charge is 2.23. The predicted molar refractivity (Wildman–Crippen MR) is 90.5 cm³/mol. The van der Waals surface area contributed by atoms with Crippen molar-refractivity contribution in [3.05, 3.63) is 59.2 Å². The second-order valence-corrected chi connectivity index (χ2v) is 6.16. The van der Waals surface area contributed by atoms with Crippen molar-refractivity contribution in [1.29, 1.82) is 0 Å². The molecule has 3 rings (SSSR count). The SMILES string of the molecule is CCOc1cc([C@@H]2NN=C(c3ccc(C)cc3)S2)ccc1O. The molecule has 0 amide bonds. The molecule has 2 aromatic carbocycles. The number of aryl methyl sites for hydroxylation is 1. The van der Waals surface area contributed by atoms with Crippen LogP contribution in [0.5, 0.6) is 11.5 Å². The summed E-state index contributed by atoms with van der Waals surface area (Å²) in [5, 5.41) is 15.2. The molecule has 22 heavy (non-hydrogen) atoms. The van der Waals surface area contributed by atoms with E-state index in [4.69, 9.17) is 4.74 Å². The fourth-order valence-corrected chi connectivity index (χ4v) is 3.21. The van der Waals surface area contributed by atoms with Gasteiger partial charge in [0.1, 0.15) is 10.4 Å². The Labute approximate surface area is 134 Å². The van der Waals surface area contributed by atoms with E-state index in [1.54, 1.807) is 17.8 Å².